The van der Waals surface area contributed by atoms with Gasteiger partial charge in [-0.1, -0.05) is 6.07 Å². The fourth-order valence-corrected chi connectivity index (χ4v) is 3.80. The quantitative estimate of drug-likeness (QED) is 0.685. The van der Waals surface area contributed by atoms with Crippen molar-refractivity contribution < 1.29 is 9.53 Å². The summed E-state index contributed by atoms with van der Waals surface area (Å²) in [4.78, 5) is 27.0. The molecular formula is C19H23N7O2S. The number of thiophene rings is 1. The first-order valence-electron chi connectivity index (χ1n) is 9.29. The Kier molecular flexibility index (Phi) is 5.45. The van der Waals surface area contributed by atoms with Gasteiger partial charge in [0.1, 0.15) is 17.1 Å². The average molecular weight is 414 g/mol. The van der Waals surface area contributed by atoms with Crippen molar-refractivity contribution in [3.63, 3.8) is 0 Å². The van der Waals surface area contributed by atoms with Crippen LogP contribution in [0.15, 0.2) is 29.8 Å². The summed E-state index contributed by atoms with van der Waals surface area (Å²) in [6.45, 7) is 2.82. The number of nitrogens with one attached hydrogen (secondary N) is 1. The number of nitrogens with zero attached hydrogens (tertiary/aromatic N) is 6. The number of ether oxygens (including phenoxy) is 1. The molecule has 1 aliphatic heterocycles. The van der Waals surface area contributed by atoms with Gasteiger partial charge in [0.2, 0.25) is 5.95 Å². The first-order valence-corrected chi connectivity index (χ1v) is 10.2. The van der Waals surface area contributed by atoms with Crippen LogP contribution in [0.3, 0.4) is 0 Å². The molecule has 0 aliphatic carbocycles. The zero-order valence-corrected chi connectivity index (χ0v) is 17.4. The highest BCUT2D eigenvalue weighted by Crippen LogP contribution is 2.27. The summed E-state index contributed by atoms with van der Waals surface area (Å²) in [7, 11) is 5.54. The third-order valence-electron chi connectivity index (χ3n) is 4.61. The lowest BCUT2D eigenvalue weighted by Crippen LogP contribution is -2.37. The summed E-state index contributed by atoms with van der Waals surface area (Å²) in [6, 6.07) is 5.74. The van der Waals surface area contributed by atoms with Crippen molar-refractivity contribution in [2.24, 2.45) is 7.05 Å². The van der Waals surface area contributed by atoms with Crippen LogP contribution < -0.4 is 15.1 Å². The van der Waals surface area contributed by atoms with Crippen molar-refractivity contribution in [1.82, 2.24) is 19.7 Å². The molecule has 3 aromatic heterocycles. The first kappa shape index (κ1) is 19.3. The molecular weight excluding hydrogens is 390 g/mol. The minimum absolute atomic E-state index is 0.256. The Balaban J connectivity index is 1.57. The lowest BCUT2D eigenvalue weighted by atomic mass is 10.3. The third-order valence-corrected chi connectivity index (χ3v) is 5.50. The van der Waals surface area contributed by atoms with Crippen LogP contribution >= 0.6 is 11.3 Å². The van der Waals surface area contributed by atoms with Crippen molar-refractivity contribution in [3.8, 4) is 10.6 Å². The van der Waals surface area contributed by atoms with Gasteiger partial charge in [-0.05, 0) is 17.5 Å². The maximum absolute atomic E-state index is 12.9. The number of carbonyl (C=O) groups excluding carboxylic acids is 1. The van der Waals surface area contributed by atoms with Gasteiger partial charge in [-0.25, -0.2) is 4.98 Å². The van der Waals surface area contributed by atoms with Gasteiger partial charge in [0.25, 0.3) is 5.91 Å². The van der Waals surface area contributed by atoms with E-state index in [9.17, 15) is 4.79 Å². The Hall–Kier alpha value is -2.98. The molecule has 0 aromatic carbocycles. The van der Waals surface area contributed by atoms with E-state index in [2.05, 4.69) is 25.3 Å². The number of carbonyl (C=O) groups is 1. The Bertz CT molecular complexity index is 994. The number of rotatable bonds is 5. The molecule has 4 rings (SSSR count). The van der Waals surface area contributed by atoms with E-state index in [4.69, 9.17) is 4.74 Å². The number of hydrogen-bond acceptors (Lipinski definition) is 8. The summed E-state index contributed by atoms with van der Waals surface area (Å²) in [6.07, 6.45) is 1.65. The highest BCUT2D eigenvalue weighted by Gasteiger charge is 2.20. The Labute approximate surface area is 172 Å². The van der Waals surface area contributed by atoms with Crippen LogP contribution in [0.5, 0.6) is 0 Å². The highest BCUT2D eigenvalue weighted by molar-refractivity contribution is 7.13. The van der Waals surface area contributed by atoms with E-state index in [1.807, 2.05) is 36.5 Å². The van der Waals surface area contributed by atoms with Gasteiger partial charge in [-0.3, -0.25) is 9.48 Å². The molecule has 1 fully saturated rings. The van der Waals surface area contributed by atoms with Crippen molar-refractivity contribution in [2.45, 2.75) is 0 Å². The molecule has 1 amide bonds. The summed E-state index contributed by atoms with van der Waals surface area (Å²) in [5.41, 5.74) is 1.80. The molecule has 10 heteroatoms. The molecule has 0 bridgehead atoms. The van der Waals surface area contributed by atoms with Crippen molar-refractivity contribution >= 4 is 34.7 Å². The van der Waals surface area contributed by atoms with Gasteiger partial charge in [0.15, 0.2) is 5.82 Å². The van der Waals surface area contributed by atoms with Crippen LogP contribution in [0.4, 0.5) is 17.5 Å². The molecule has 3 aromatic rings. The van der Waals surface area contributed by atoms with E-state index in [0.717, 1.165) is 23.7 Å². The van der Waals surface area contributed by atoms with Crippen LogP contribution in [-0.4, -0.2) is 66.1 Å². The standard InChI is InChI=1S/C19H23N7O2S/c1-24(2)17-14(12-20-19(22-17)26-6-8-28-9-7-26)21-18(27)15-11-13(23-25(15)3)16-5-4-10-29-16/h4-5,10-12H,6-9H2,1-3H3,(H,21,27). The van der Waals surface area contributed by atoms with Gasteiger partial charge in [0, 0.05) is 34.2 Å². The number of amides is 1. The molecule has 0 radical (unpaired) electrons. The van der Waals surface area contributed by atoms with Gasteiger partial charge in [-0.2, -0.15) is 10.1 Å². The lowest BCUT2D eigenvalue weighted by Gasteiger charge is -2.28. The van der Waals surface area contributed by atoms with Gasteiger partial charge in [-0.15, -0.1) is 11.3 Å². The monoisotopic (exact) mass is 413 g/mol. The van der Waals surface area contributed by atoms with E-state index >= 15 is 0 Å². The van der Waals surface area contributed by atoms with Crippen LogP contribution in [0.1, 0.15) is 10.5 Å². The zero-order chi connectivity index (χ0) is 20.4. The zero-order valence-electron chi connectivity index (χ0n) is 16.6. The van der Waals surface area contributed by atoms with E-state index in [1.165, 1.54) is 0 Å². The molecule has 29 heavy (non-hydrogen) atoms. The summed E-state index contributed by atoms with van der Waals surface area (Å²) in [5.74, 6) is 1.03. The first-order chi connectivity index (χ1) is 14.0. The Morgan fingerprint density at radius 2 is 2.10 bits per heavy atom. The van der Waals surface area contributed by atoms with Crippen LogP contribution in [0.25, 0.3) is 10.6 Å². The highest BCUT2D eigenvalue weighted by atomic mass is 32.1. The molecule has 0 atom stereocenters. The SMILES string of the molecule is CN(C)c1nc(N2CCOCC2)ncc1NC(=O)c1cc(-c2cccs2)nn1C. The number of morpholine rings is 1. The Morgan fingerprint density at radius 3 is 2.79 bits per heavy atom. The number of anilines is 3. The second-order valence-corrected chi connectivity index (χ2v) is 7.82. The van der Waals surface area contributed by atoms with Crippen LogP contribution in [-0.2, 0) is 11.8 Å². The van der Waals surface area contributed by atoms with Gasteiger partial charge >= 0.3 is 0 Å². The topological polar surface area (TPSA) is 88.4 Å². The van der Waals surface area contributed by atoms with Crippen molar-refractivity contribution in [2.75, 3.05) is 55.5 Å². The second kappa shape index (κ2) is 8.18. The van der Waals surface area contributed by atoms with Crippen LogP contribution in [0.2, 0.25) is 0 Å². The van der Waals surface area contributed by atoms with Gasteiger partial charge < -0.3 is 19.9 Å². The summed E-state index contributed by atoms with van der Waals surface area (Å²) >= 11 is 1.59. The van der Waals surface area contributed by atoms with Crippen molar-refractivity contribution in [1.29, 1.82) is 0 Å². The molecule has 0 spiro atoms. The third kappa shape index (κ3) is 4.08. The molecule has 1 N–H and O–H groups in total. The second-order valence-electron chi connectivity index (χ2n) is 6.87. The molecule has 4 heterocycles. The maximum Gasteiger partial charge on any atom is 0.274 e. The lowest BCUT2D eigenvalue weighted by molar-refractivity contribution is 0.101. The Morgan fingerprint density at radius 1 is 1.31 bits per heavy atom. The fourth-order valence-electron chi connectivity index (χ4n) is 3.12. The van der Waals surface area contributed by atoms with Crippen molar-refractivity contribution in [3.05, 3.63) is 35.5 Å². The molecule has 9 nitrogen and oxygen atoms in total. The van der Waals surface area contributed by atoms with Gasteiger partial charge in [0.05, 0.1) is 24.3 Å². The van der Waals surface area contributed by atoms with E-state index in [1.54, 1.807) is 35.3 Å². The summed E-state index contributed by atoms with van der Waals surface area (Å²) < 4.78 is 6.98. The van der Waals surface area contributed by atoms with E-state index in [0.29, 0.717) is 36.4 Å². The van der Waals surface area contributed by atoms with Crippen LogP contribution in [0, 0.1) is 0 Å². The minimum atomic E-state index is -0.256. The maximum atomic E-state index is 12.9. The molecule has 152 valence electrons. The van der Waals surface area contributed by atoms with E-state index < -0.39 is 0 Å². The molecule has 0 unspecified atom stereocenters. The molecule has 1 aliphatic rings. The number of aromatic nitrogens is 4. The average Bonchev–Trinajstić information content (AvgIpc) is 3.38. The fraction of sp³-hybridized carbons (Fsp3) is 0.368. The largest absolute Gasteiger partial charge is 0.378 e. The summed E-state index contributed by atoms with van der Waals surface area (Å²) in [5, 5.41) is 9.37. The number of hydrogen-bond donors (Lipinski definition) is 1. The predicted molar refractivity (Wildman–Crippen MR) is 114 cm³/mol. The minimum Gasteiger partial charge on any atom is -0.378 e. The molecule has 1 saturated heterocycles. The van der Waals surface area contributed by atoms with E-state index in [-0.39, 0.29) is 5.91 Å². The smallest absolute Gasteiger partial charge is 0.274 e. The predicted octanol–water partition coefficient (Wildman–Crippen LogP) is 2.09. The molecule has 0 saturated carbocycles. The number of aryl methyl sites for hydroxylation is 1. The normalized spacial score (nSPS) is 14.1.